The zero-order valence-electron chi connectivity index (χ0n) is 15.2. The van der Waals surface area contributed by atoms with Crippen molar-refractivity contribution in [1.29, 1.82) is 0 Å². The fraction of sp³-hybridized carbons (Fsp3) is 0.316. The van der Waals surface area contributed by atoms with Crippen molar-refractivity contribution in [2.75, 3.05) is 13.1 Å². The van der Waals surface area contributed by atoms with Gasteiger partial charge in [-0.3, -0.25) is 9.20 Å². The summed E-state index contributed by atoms with van der Waals surface area (Å²) in [6, 6.07) is 14.0. The van der Waals surface area contributed by atoms with Gasteiger partial charge in [-0.05, 0) is 37.1 Å². The van der Waals surface area contributed by atoms with E-state index in [2.05, 4.69) is 15.5 Å². The van der Waals surface area contributed by atoms with Gasteiger partial charge >= 0.3 is 0 Å². The molecule has 1 aromatic carbocycles. The quantitative estimate of drug-likeness (QED) is 0.700. The zero-order chi connectivity index (χ0) is 19.6. The number of nitrogens with zero attached hydrogens (tertiary/aromatic N) is 4. The molecule has 1 saturated heterocycles. The molecule has 9 heteroatoms. The fourth-order valence-corrected chi connectivity index (χ4v) is 4.91. The minimum atomic E-state index is -3.50. The molecule has 3 heterocycles. The molecule has 1 aliphatic rings. The van der Waals surface area contributed by atoms with Gasteiger partial charge in [0.2, 0.25) is 15.9 Å². The number of sulfonamides is 1. The Labute approximate surface area is 163 Å². The molecule has 3 aromatic rings. The van der Waals surface area contributed by atoms with Crippen LogP contribution < -0.4 is 5.32 Å². The molecular formula is C19H21N5O3S. The standard InChI is InChI=1S/C19H21N5O3S/c25-19(20-14-18-22-21-17-8-4-5-11-24(17)18)15-9-12-23(13-10-15)28(26,27)16-6-2-1-3-7-16/h1-8,11,15H,9-10,12-14H2,(H,20,25). The van der Waals surface area contributed by atoms with Crippen LogP contribution in [0.3, 0.4) is 0 Å². The van der Waals surface area contributed by atoms with Crippen LogP contribution >= 0.6 is 0 Å². The van der Waals surface area contributed by atoms with Gasteiger partial charge in [0, 0.05) is 25.2 Å². The molecule has 28 heavy (non-hydrogen) atoms. The van der Waals surface area contributed by atoms with Crippen molar-refractivity contribution in [3.63, 3.8) is 0 Å². The summed E-state index contributed by atoms with van der Waals surface area (Å²) in [5, 5.41) is 11.1. The van der Waals surface area contributed by atoms with Crippen LogP contribution in [0.1, 0.15) is 18.7 Å². The maximum atomic E-state index is 12.7. The number of carbonyl (C=O) groups excluding carboxylic acids is 1. The third-order valence-electron chi connectivity index (χ3n) is 5.01. The highest BCUT2D eigenvalue weighted by Gasteiger charge is 2.32. The average Bonchev–Trinajstić information content (AvgIpc) is 3.16. The third kappa shape index (κ3) is 3.63. The van der Waals surface area contributed by atoms with Gasteiger partial charge in [0.15, 0.2) is 11.5 Å². The van der Waals surface area contributed by atoms with E-state index in [4.69, 9.17) is 0 Å². The number of nitrogens with one attached hydrogen (secondary N) is 1. The van der Waals surface area contributed by atoms with Crippen LogP contribution in [0, 0.1) is 5.92 Å². The van der Waals surface area contributed by atoms with Crippen molar-refractivity contribution in [2.45, 2.75) is 24.3 Å². The lowest BCUT2D eigenvalue weighted by atomic mass is 9.97. The normalized spacial score (nSPS) is 16.3. The number of aromatic nitrogens is 3. The van der Waals surface area contributed by atoms with Crippen LogP contribution in [0.25, 0.3) is 5.65 Å². The number of rotatable bonds is 5. The number of fused-ring (bicyclic) bond motifs is 1. The summed E-state index contributed by atoms with van der Waals surface area (Å²) in [5.41, 5.74) is 0.728. The number of carbonyl (C=O) groups is 1. The van der Waals surface area contributed by atoms with Gasteiger partial charge in [0.25, 0.3) is 0 Å². The van der Waals surface area contributed by atoms with E-state index in [1.54, 1.807) is 30.3 Å². The maximum absolute atomic E-state index is 12.7. The summed E-state index contributed by atoms with van der Waals surface area (Å²) < 4.78 is 28.6. The largest absolute Gasteiger partial charge is 0.349 e. The van der Waals surface area contributed by atoms with Crippen LogP contribution in [0.4, 0.5) is 0 Å². The van der Waals surface area contributed by atoms with Crippen molar-refractivity contribution in [3.8, 4) is 0 Å². The van der Waals surface area contributed by atoms with E-state index >= 15 is 0 Å². The Balaban J connectivity index is 1.34. The third-order valence-corrected chi connectivity index (χ3v) is 6.92. The first-order chi connectivity index (χ1) is 13.6. The van der Waals surface area contributed by atoms with Crippen molar-refractivity contribution >= 4 is 21.6 Å². The molecule has 8 nitrogen and oxygen atoms in total. The molecule has 2 aromatic heterocycles. The molecular weight excluding hydrogens is 378 g/mol. The summed E-state index contributed by atoms with van der Waals surface area (Å²) in [6.45, 7) is 0.957. The highest BCUT2D eigenvalue weighted by atomic mass is 32.2. The highest BCUT2D eigenvalue weighted by molar-refractivity contribution is 7.89. The summed E-state index contributed by atoms with van der Waals surface area (Å²) in [7, 11) is -3.50. The van der Waals surface area contributed by atoms with E-state index in [1.807, 2.05) is 28.8 Å². The first kappa shape index (κ1) is 18.6. The molecule has 1 amide bonds. The Morgan fingerprint density at radius 3 is 2.50 bits per heavy atom. The van der Waals surface area contributed by atoms with Gasteiger partial charge in [-0.1, -0.05) is 24.3 Å². The summed E-state index contributed by atoms with van der Waals surface area (Å²) in [6.07, 6.45) is 2.85. The number of amides is 1. The van der Waals surface area contributed by atoms with E-state index in [9.17, 15) is 13.2 Å². The topological polar surface area (TPSA) is 96.7 Å². The minimum absolute atomic E-state index is 0.0792. The second kappa shape index (κ2) is 7.69. The number of hydrogen-bond donors (Lipinski definition) is 1. The van der Waals surface area contributed by atoms with Crippen LogP contribution in [0.2, 0.25) is 0 Å². The van der Waals surface area contributed by atoms with Crippen molar-refractivity contribution in [2.24, 2.45) is 5.92 Å². The van der Waals surface area contributed by atoms with Crippen LogP contribution in [-0.4, -0.2) is 46.3 Å². The molecule has 0 radical (unpaired) electrons. The monoisotopic (exact) mass is 399 g/mol. The number of hydrogen-bond acceptors (Lipinski definition) is 5. The maximum Gasteiger partial charge on any atom is 0.243 e. The summed E-state index contributed by atoms with van der Waals surface area (Å²) >= 11 is 0. The van der Waals surface area contributed by atoms with Gasteiger partial charge < -0.3 is 5.32 Å². The Morgan fingerprint density at radius 2 is 1.75 bits per heavy atom. The Bertz CT molecular complexity index is 1070. The van der Waals surface area contributed by atoms with Crippen molar-refractivity contribution in [3.05, 3.63) is 60.6 Å². The van der Waals surface area contributed by atoms with Gasteiger partial charge in [0.05, 0.1) is 11.4 Å². The van der Waals surface area contributed by atoms with Gasteiger partial charge in [-0.15, -0.1) is 10.2 Å². The summed E-state index contributed by atoms with van der Waals surface area (Å²) in [5.74, 6) is 0.374. The smallest absolute Gasteiger partial charge is 0.243 e. The van der Waals surface area contributed by atoms with Crippen LogP contribution in [0.15, 0.2) is 59.6 Å². The predicted molar refractivity (Wildman–Crippen MR) is 103 cm³/mol. The molecule has 0 saturated carbocycles. The molecule has 0 spiro atoms. The Kier molecular flexibility index (Phi) is 5.10. The van der Waals surface area contributed by atoms with Crippen molar-refractivity contribution < 1.29 is 13.2 Å². The number of piperidine rings is 1. The van der Waals surface area contributed by atoms with Crippen LogP contribution in [-0.2, 0) is 21.4 Å². The molecule has 0 bridgehead atoms. The Morgan fingerprint density at radius 1 is 1.04 bits per heavy atom. The molecule has 0 atom stereocenters. The molecule has 1 aliphatic heterocycles. The highest BCUT2D eigenvalue weighted by Crippen LogP contribution is 2.23. The first-order valence-corrected chi connectivity index (χ1v) is 10.6. The second-order valence-corrected chi connectivity index (χ2v) is 8.69. The lowest BCUT2D eigenvalue weighted by Crippen LogP contribution is -2.42. The molecule has 1 N–H and O–H groups in total. The van der Waals surface area contributed by atoms with Gasteiger partial charge in [-0.25, -0.2) is 8.42 Å². The van der Waals surface area contributed by atoms with Gasteiger partial charge in [0.1, 0.15) is 0 Å². The second-order valence-electron chi connectivity index (χ2n) is 6.75. The fourth-order valence-electron chi connectivity index (χ4n) is 3.42. The average molecular weight is 399 g/mol. The summed E-state index contributed by atoms with van der Waals surface area (Å²) in [4.78, 5) is 12.8. The molecule has 0 aliphatic carbocycles. The van der Waals surface area contributed by atoms with Gasteiger partial charge in [-0.2, -0.15) is 4.31 Å². The zero-order valence-corrected chi connectivity index (χ0v) is 16.0. The van der Waals surface area contributed by atoms with E-state index < -0.39 is 10.0 Å². The van der Waals surface area contributed by atoms with E-state index in [0.29, 0.717) is 31.8 Å². The number of pyridine rings is 1. The minimum Gasteiger partial charge on any atom is -0.349 e. The predicted octanol–water partition coefficient (Wildman–Crippen LogP) is 1.45. The Hall–Kier alpha value is -2.78. The van der Waals surface area contributed by atoms with Crippen LogP contribution in [0.5, 0.6) is 0 Å². The molecule has 1 fully saturated rings. The molecule has 0 unspecified atom stereocenters. The lowest BCUT2D eigenvalue weighted by Gasteiger charge is -2.30. The lowest BCUT2D eigenvalue weighted by molar-refractivity contribution is -0.126. The molecule has 4 rings (SSSR count). The molecule has 146 valence electrons. The van der Waals surface area contributed by atoms with E-state index in [1.165, 1.54) is 4.31 Å². The van der Waals surface area contributed by atoms with E-state index in [-0.39, 0.29) is 23.3 Å². The number of benzene rings is 1. The first-order valence-electron chi connectivity index (χ1n) is 9.17. The van der Waals surface area contributed by atoms with Crippen molar-refractivity contribution in [1.82, 2.24) is 24.2 Å². The van der Waals surface area contributed by atoms with E-state index in [0.717, 1.165) is 5.65 Å². The SMILES string of the molecule is O=C(NCc1nnc2ccccn12)C1CCN(S(=O)(=O)c2ccccc2)CC1.